The first-order valence-electron chi connectivity index (χ1n) is 4.45. The predicted octanol–water partition coefficient (Wildman–Crippen LogP) is 1.02. The van der Waals surface area contributed by atoms with Crippen LogP contribution in [0, 0.1) is 0 Å². The molecule has 0 aromatic heterocycles. The number of hydrogen-bond acceptors (Lipinski definition) is 3. The van der Waals surface area contributed by atoms with Crippen molar-refractivity contribution in [3.05, 3.63) is 24.3 Å². The van der Waals surface area contributed by atoms with Crippen LogP contribution in [0.3, 0.4) is 0 Å². The smallest absolute Gasteiger partial charge is 0.134 e. The molecule has 0 fully saturated rings. The molecule has 0 amide bonds. The number of methoxy groups -OCH3 is 1. The summed E-state index contributed by atoms with van der Waals surface area (Å²) in [6, 6.07) is 7.41. The highest BCUT2D eigenvalue weighted by Crippen LogP contribution is 2.20. The predicted molar refractivity (Wildman–Crippen MR) is 58.2 cm³/mol. The minimum absolute atomic E-state index is 0.608. The van der Waals surface area contributed by atoms with Gasteiger partial charge in [-0.2, -0.15) is 0 Å². The first-order valence-corrected chi connectivity index (χ1v) is 5.77. The molecule has 0 saturated heterocycles. The van der Waals surface area contributed by atoms with Gasteiger partial charge in [0.05, 0.1) is 22.8 Å². The average Bonchev–Trinajstić information content (AvgIpc) is 2.25. The second-order valence-electron chi connectivity index (χ2n) is 2.80. The summed E-state index contributed by atoms with van der Waals surface area (Å²) in [7, 11) is 2.46. The van der Waals surface area contributed by atoms with E-state index in [1.54, 1.807) is 7.11 Å². The second kappa shape index (κ2) is 5.78. The van der Waals surface area contributed by atoms with Crippen LogP contribution in [0.5, 0.6) is 5.75 Å². The second-order valence-corrected chi connectivity index (χ2v) is 4.34. The van der Waals surface area contributed by atoms with Crippen LogP contribution in [-0.2, 0) is 10.8 Å². The van der Waals surface area contributed by atoms with Gasteiger partial charge in [0.2, 0.25) is 0 Å². The zero-order chi connectivity index (χ0) is 10.4. The van der Waals surface area contributed by atoms with Crippen molar-refractivity contribution in [3.63, 3.8) is 0 Å². The van der Waals surface area contributed by atoms with Crippen molar-refractivity contribution in [1.29, 1.82) is 0 Å². The molecule has 0 bridgehead atoms. The quantitative estimate of drug-likeness (QED) is 0.793. The van der Waals surface area contributed by atoms with Crippen LogP contribution >= 0.6 is 0 Å². The third kappa shape index (κ3) is 2.82. The van der Waals surface area contributed by atoms with Crippen LogP contribution in [0.1, 0.15) is 0 Å². The van der Waals surface area contributed by atoms with E-state index in [2.05, 4.69) is 5.32 Å². The van der Waals surface area contributed by atoms with Crippen LogP contribution in [0.2, 0.25) is 0 Å². The number of hydrogen-bond donors (Lipinski definition) is 1. The van der Waals surface area contributed by atoms with Gasteiger partial charge >= 0.3 is 0 Å². The third-order valence-corrected chi connectivity index (χ3v) is 3.25. The molecule has 3 nitrogen and oxygen atoms in total. The van der Waals surface area contributed by atoms with E-state index in [4.69, 9.17) is 4.74 Å². The van der Waals surface area contributed by atoms with Gasteiger partial charge in [0.1, 0.15) is 5.75 Å². The molecule has 1 unspecified atom stereocenters. The fourth-order valence-corrected chi connectivity index (χ4v) is 2.33. The number of ether oxygens (including phenoxy) is 1. The maximum Gasteiger partial charge on any atom is 0.134 e. The van der Waals surface area contributed by atoms with E-state index in [0.29, 0.717) is 11.5 Å². The summed E-state index contributed by atoms with van der Waals surface area (Å²) >= 11 is 0. The van der Waals surface area contributed by atoms with Crippen LogP contribution in [0.25, 0.3) is 0 Å². The van der Waals surface area contributed by atoms with Gasteiger partial charge in [0.15, 0.2) is 0 Å². The van der Waals surface area contributed by atoms with Crippen LogP contribution in [-0.4, -0.2) is 30.7 Å². The lowest BCUT2D eigenvalue weighted by molar-refractivity contribution is 0.404. The minimum Gasteiger partial charge on any atom is -0.495 e. The van der Waals surface area contributed by atoms with Gasteiger partial charge in [-0.25, -0.2) is 0 Å². The topological polar surface area (TPSA) is 38.3 Å². The molecule has 0 radical (unpaired) electrons. The molecule has 78 valence electrons. The maximum atomic E-state index is 11.8. The lowest BCUT2D eigenvalue weighted by Gasteiger charge is -2.07. The largest absolute Gasteiger partial charge is 0.495 e. The van der Waals surface area contributed by atoms with Crippen molar-refractivity contribution in [2.75, 3.05) is 26.5 Å². The number of nitrogens with one attached hydrogen (secondary N) is 1. The summed E-state index contributed by atoms with van der Waals surface area (Å²) in [6.07, 6.45) is 0. The highest BCUT2D eigenvalue weighted by molar-refractivity contribution is 7.85. The SMILES string of the molecule is CNCCS(=O)c1ccccc1OC. The van der Waals surface area contributed by atoms with E-state index in [0.717, 1.165) is 11.4 Å². The molecule has 4 heteroatoms. The monoisotopic (exact) mass is 213 g/mol. The van der Waals surface area contributed by atoms with E-state index >= 15 is 0 Å². The van der Waals surface area contributed by atoms with Gasteiger partial charge in [-0.05, 0) is 19.2 Å². The molecule has 1 atom stereocenters. The maximum absolute atomic E-state index is 11.8. The van der Waals surface area contributed by atoms with Gasteiger partial charge in [0.25, 0.3) is 0 Å². The van der Waals surface area contributed by atoms with Crippen molar-refractivity contribution in [1.82, 2.24) is 5.32 Å². The molecule has 1 aromatic carbocycles. The number of rotatable bonds is 5. The molecule has 0 aliphatic carbocycles. The van der Waals surface area contributed by atoms with E-state index in [1.165, 1.54) is 0 Å². The summed E-state index contributed by atoms with van der Waals surface area (Å²) in [6.45, 7) is 0.741. The Bertz CT molecular complexity index is 315. The van der Waals surface area contributed by atoms with E-state index in [9.17, 15) is 4.21 Å². The summed E-state index contributed by atoms with van der Waals surface area (Å²) in [5.74, 6) is 1.30. The Hall–Kier alpha value is -0.870. The van der Waals surface area contributed by atoms with Gasteiger partial charge < -0.3 is 10.1 Å². The van der Waals surface area contributed by atoms with Gasteiger partial charge in [-0.15, -0.1) is 0 Å². The molecule has 0 spiro atoms. The van der Waals surface area contributed by atoms with Crippen molar-refractivity contribution in [3.8, 4) is 5.75 Å². The minimum atomic E-state index is -0.982. The van der Waals surface area contributed by atoms with Crippen LogP contribution < -0.4 is 10.1 Å². The summed E-state index contributed by atoms with van der Waals surface area (Å²) in [4.78, 5) is 0.769. The molecular formula is C10H15NO2S. The molecule has 1 rings (SSSR count). The van der Waals surface area contributed by atoms with Crippen molar-refractivity contribution < 1.29 is 8.95 Å². The Labute approximate surface area is 86.9 Å². The molecular weight excluding hydrogens is 198 g/mol. The molecule has 1 aromatic rings. The van der Waals surface area contributed by atoms with Crippen molar-refractivity contribution in [2.24, 2.45) is 0 Å². The van der Waals surface area contributed by atoms with E-state index in [1.807, 2.05) is 31.3 Å². The average molecular weight is 213 g/mol. The normalized spacial score (nSPS) is 12.4. The highest BCUT2D eigenvalue weighted by atomic mass is 32.2. The molecule has 0 aliphatic heterocycles. The van der Waals surface area contributed by atoms with Crippen LogP contribution in [0.4, 0.5) is 0 Å². The van der Waals surface area contributed by atoms with E-state index < -0.39 is 10.8 Å². The molecule has 14 heavy (non-hydrogen) atoms. The van der Waals surface area contributed by atoms with Crippen molar-refractivity contribution >= 4 is 10.8 Å². The van der Waals surface area contributed by atoms with Gasteiger partial charge in [0, 0.05) is 12.3 Å². The zero-order valence-electron chi connectivity index (χ0n) is 8.45. The Balaban J connectivity index is 2.78. The van der Waals surface area contributed by atoms with Crippen LogP contribution in [0.15, 0.2) is 29.2 Å². The van der Waals surface area contributed by atoms with Crippen molar-refractivity contribution in [2.45, 2.75) is 4.90 Å². The summed E-state index contributed by atoms with van der Waals surface area (Å²) in [5, 5.41) is 2.97. The lowest BCUT2D eigenvalue weighted by atomic mass is 10.3. The lowest BCUT2D eigenvalue weighted by Crippen LogP contribution is -2.15. The number of para-hydroxylation sites is 1. The molecule has 0 aliphatic rings. The van der Waals surface area contributed by atoms with E-state index in [-0.39, 0.29) is 0 Å². The highest BCUT2D eigenvalue weighted by Gasteiger charge is 2.08. The zero-order valence-corrected chi connectivity index (χ0v) is 9.26. The molecule has 0 saturated carbocycles. The first kappa shape index (κ1) is 11.2. The molecule has 0 heterocycles. The van der Waals surface area contributed by atoms with Gasteiger partial charge in [-0.1, -0.05) is 12.1 Å². The first-order chi connectivity index (χ1) is 6.79. The summed E-state index contributed by atoms with van der Waals surface area (Å²) in [5.41, 5.74) is 0. The Kier molecular flexibility index (Phi) is 4.62. The standard InChI is InChI=1S/C10H15NO2S/c1-11-7-8-14(12)10-6-4-3-5-9(10)13-2/h3-6,11H,7-8H2,1-2H3. The fraction of sp³-hybridized carbons (Fsp3) is 0.400. The fourth-order valence-electron chi connectivity index (χ4n) is 1.11. The molecule has 1 N–H and O–H groups in total. The number of benzene rings is 1. The third-order valence-electron chi connectivity index (χ3n) is 1.85. The summed E-state index contributed by atoms with van der Waals surface area (Å²) < 4.78 is 16.9. The Morgan fingerprint density at radius 1 is 1.43 bits per heavy atom. The Morgan fingerprint density at radius 3 is 2.79 bits per heavy atom. The van der Waals surface area contributed by atoms with Gasteiger partial charge in [-0.3, -0.25) is 4.21 Å². The Morgan fingerprint density at radius 2 is 2.14 bits per heavy atom.